The molecule has 0 bridgehead atoms. The van der Waals surface area contributed by atoms with Crippen LogP contribution in [-0.2, 0) is 0 Å². The van der Waals surface area contributed by atoms with Crippen molar-refractivity contribution in [2.24, 2.45) is 0 Å². The Balaban J connectivity index is 1.15. The summed E-state index contributed by atoms with van der Waals surface area (Å²) in [4.78, 5) is 20.4. The van der Waals surface area contributed by atoms with Gasteiger partial charge >= 0.3 is 0 Å². The molecule has 0 unspecified atom stereocenters. The third-order valence-corrected chi connectivity index (χ3v) is 9.41. The molecule has 0 amide bonds. The van der Waals surface area contributed by atoms with Crippen LogP contribution in [0.2, 0.25) is 0 Å². The van der Waals surface area contributed by atoms with Gasteiger partial charge in [0.15, 0.2) is 23.1 Å². The van der Waals surface area contributed by atoms with Crippen LogP contribution in [0.4, 0.5) is 0 Å². The summed E-state index contributed by atoms with van der Waals surface area (Å²) in [5.74, 6) is 2.11. The molecule has 6 nitrogen and oxygen atoms in total. The van der Waals surface area contributed by atoms with Crippen LogP contribution in [0.3, 0.4) is 0 Å². The van der Waals surface area contributed by atoms with Gasteiger partial charge in [-0.15, -0.1) is 0 Å². The summed E-state index contributed by atoms with van der Waals surface area (Å²) in [6.07, 6.45) is 0. The van der Waals surface area contributed by atoms with Crippen molar-refractivity contribution in [2.75, 3.05) is 0 Å². The van der Waals surface area contributed by atoms with Crippen molar-refractivity contribution in [3.63, 3.8) is 0 Å². The maximum absolute atomic E-state index is 6.40. The van der Waals surface area contributed by atoms with E-state index in [9.17, 15) is 0 Å². The van der Waals surface area contributed by atoms with E-state index in [0.717, 1.165) is 49.7 Å². The van der Waals surface area contributed by atoms with E-state index in [1.165, 1.54) is 11.1 Å². The molecule has 0 aliphatic carbocycles. The Morgan fingerprint density at radius 3 is 1.40 bits per heavy atom. The van der Waals surface area contributed by atoms with Crippen molar-refractivity contribution in [1.29, 1.82) is 0 Å². The topological polar surface area (TPSA) is 77.8 Å². The Hall–Kier alpha value is -7.18. The number of nitrogens with zero attached hydrogens (tertiary/aromatic N) is 4. The molecule has 0 saturated carbocycles. The van der Waals surface area contributed by atoms with Crippen molar-refractivity contribution < 1.29 is 8.83 Å². The van der Waals surface area contributed by atoms with Gasteiger partial charge < -0.3 is 8.83 Å². The highest BCUT2D eigenvalue weighted by Crippen LogP contribution is 2.42. The minimum Gasteiger partial charge on any atom is -0.456 e. The van der Waals surface area contributed by atoms with E-state index in [-0.39, 0.29) is 0 Å². The molecule has 0 N–H and O–H groups in total. The second kappa shape index (κ2) is 12.3. The van der Waals surface area contributed by atoms with E-state index in [4.69, 9.17) is 28.8 Å². The molecule has 3 heterocycles. The predicted molar refractivity (Wildman–Crippen MR) is 207 cm³/mol. The van der Waals surface area contributed by atoms with Crippen LogP contribution in [0.25, 0.3) is 101 Å². The summed E-state index contributed by atoms with van der Waals surface area (Å²) in [6, 6.07) is 57.2. The number of benzene rings is 7. The number of aromatic nitrogens is 4. The van der Waals surface area contributed by atoms with E-state index in [1.54, 1.807) is 0 Å². The fraction of sp³-hybridized carbons (Fsp3) is 0. The first-order chi connectivity index (χ1) is 25.7. The fourth-order valence-electron chi connectivity index (χ4n) is 6.82. The molecule has 0 atom stereocenters. The van der Waals surface area contributed by atoms with Gasteiger partial charge in [-0.05, 0) is 40.5 Å². The van der Waals surface area contributed by atoms with Crippen LogP contribution in [0, 0.1) is 0 Å². The summed E-state index contributed by atoms with van der Waals surface area (Å²) in [5.41, 5.74) is 10.7. The summed E-state index contributed by atoms with van der Waals surface area (Å²) < 4.78 is 12.8. The summed E-state index contributed by atoms with van der Waals surface area (Å²) >= 11 is 0. The van der Waals surface area contributed by atoms with Gasteiger partial charge in [0, 0.05) is 33.5 Å². The van der Waals surface area contributed by atoms with Crippen molar-refractivity contribution in [3.05, 3.63) is 170 Å². The van der Waals surface area contributed by atoms with E-state index < -0.39 is 0 Å². The van der Waals surface area contributed by atoms with E-state index in [0.29, 0.717) is 40.0 Å². The largest absolute Gasteiger partial charge is 0.456 e. The fourth-order valence-corrected chi connectivity index (χ4v) is 6.82. The third kappa shape index (κ3) is 5.22. The average molecular weight is 669 g/mol. The summed E-state index contributed by atoms with van der Waals surface area (Å²) in [6.45, 7) is 0. The SMILES string of the molecule is c1ccc(-c2ccc(-c3ccc(-c4nc(-c5ccccc5)nc(-c5c6nc(-c7ccccc7)oc6cc6oc7ccccc7c56)n4)cc3)cc2)cc1. The van der Waals surface area contributed by atoms with Crippen molar-refractivity contribution in [3.8, 4) is 67.9 Å². The highest BCUT2D eigenvalue weighted by Gasteiger charge is 2.24. The lowest BCUT2D eigenvalue weighted by Gasteiger charge is -2.10. The maximum Gasteiger partial charge on any atom is 0.227 e. The van der Waals surface area contributed by atoms with Crippen LogP contribution in [0.15, 0.2) is 179 Å². The molecule has 244 valence electrons. The highest BCUT2D eigenvalue weighted by molar-refractivity contribution is 6.18. The van der Waals surface area contributed by atoms with Crippen molar-refractivity contribution in [2.45, 2.75) is 0 Å². The maximum atomic E-state index is 6.40. The van der Waals surface area contributed by atoms with Crippen molar-refractivity contribution >= 4 is 33.0 Å². The smallest absolute Gasteiger partial charge is 0.227 e. The molecule has 7 aromatic carbocycles. The van der Waals surface area contributed by atoms with E-state index in [2.05, 4.69) is 78.9 Å². The normalized spacial score (nSPS) is 11.5. The second-order valence-corrected chi connectivity index (χ2v) is 12.6. The Morgan fingerprint density at radius 2 is 0.788 bits per heavy atom. The molecular formula is C46H28N4O2. The van der Waals surface area contributed by atoms with Crippen LogP contribution in [-0.4, -0.2) is 19.9 Å². The van der Waals surface area contributed by atoms with Crippen LogP contribution < -0.4 is 0 Å². The van der Waals surface area contributed by atoms with Gasteiger partial charge in [0.25, 0.3) is 0 Å². The number of furan rings is 1. The molecule has 6 heteroatoms. The first-order valence-electron chi connectivity index (χ1n) is 17.1. The molecule has 10 rings (SSSR count). The zero-order valence-electron chi connectivity index (χ0n) is 27.8. The Labute approximate surface area is 298 Å². The van der Waals surface area contributed by atoms with E-state index in [1.807, 2.05) is 91.0 Å². The monoisotopic (exact) mass is 668 g/mol. The number of fused-ring (bicyclic) bond motifs is 4. The van der Waals surface area contributed by atoms with Crippen LogP contribution >= 0.6 is 0 Å². The zero-order chi connectivity index (χ0) is 34.4. The van der Waals surface area contributed by atoms with Gasteiger partial charge in [-0.1, -0.05) is 146 Å². The molecule has 0 saturated heterocycles. The first kappa shape index (κ1) is 29.7. The summed E-state index contributed by atoms with van der Waals surface area (Å²) in [5, 5.41) is 1.82. The molecule has 3 aromatic heterocycles. The third-order valence-electron chi connectivity index (χ3n) is 9.41. The molecule has 0 spiro atoms. The van der Waals surface area contributed by atoms with Crippen LogP contribution in [0.5, 0.6) is 0 Å². The molecule has 0 fully saturated rings. The Bertz CT molecular complexity index is 2860. The van der Waals surface area contributed by atoms with Crippen LogP contribution in [0.1, 0.15) is 0 Å². The van der Waals surface area contributed by atoms with Gasteiger partial charge in [0.2, 0.25) is 5.89 Å². The Morgan fingerprint density at radius 1 is 0.327 bits per heavy atom. The number of oxazole rings is 1. The zero-order valence-corrected chi connectivity index (χ0v) is 27.8. The minimum absolute atomic E-state index is 0.486. The van der Waals surface area contributed by atoms with Gasteiger partial charge in [0.1, 0.15) is 16.7 Å². The Kier molecular flexibility index (Phi) is 7.03. The molecular weight excluding hydrogens is 641 g/mol. The molecule has 0 radical (unpaired) electrons. The number of hydrogen-bond acceptors (Lipinski definition) is 6. The number of rotatable bonds is 6. The van der Waals surface area contributed by atoms with Gasteiger partial charge in [-0.3, -0.25) is 0 Å². The van der Waals surface area contributed by atoms with Gasteiger partial charge in [0.05, 0.1) is 5.56 Å². The van der Waals surface area contributed by atoms with Gasteiger partial charge in [-0.25, -0.2) is 19.9 Å². The molecule has 0 aliphatic rings. The first-order valence-corrected chi connectivity index (χ1v) is 17.1. The minimum atomic E-state index is 0.486. The quantitative estimate of drug-likeness (QED) is 0.175. The average Bonchev–Trinajstić information content (AvgIpc) is 3.82. The molecule has 0 aliphatic heterocycles. The lowest BCUT2D eigenvalue weighted by atomic mass is 9.99. The standard InChI is InChI=1S/C46H28N4O2/c1-4-12-29(13-5-1)30-20-22-31(23-21-30)32-24-26-34(27-25-32)44-48-43(33-14-6-2-7-15-33)49-45(50-44)41-40-36-18-10-11-19-37(36)51-38(40)28-39-42(41)47-46(52-39)35-16-8-3-9-17-35/h1-28H. The number of para-hydroxylation sites is 1. The van der Waals surface area contributed by atoms with E-state index >= 15 is 0 Å². The number of hydrogen-bond donors (Lipinski definition) is 0. The highest BCUT2D eigenvalue weighted by atomic mass is 16.4. The lowest BCUT2D eigenvalue weighted by molar-refractivity contribution is 0.617. The van der Waals surface area contributed by atoms with Crippen molar-refractivity contribution in [1.82, 2.24) is 19.9 Å². The molecule has 10 aromatic rings. The lowest BCUT2D eigenvalue weighted by Crippen LogP contribution is -2.01. The van der Waals surface area contributed by atoms with Gasteiger partial charge in [-0.2, -0.15) is 0 Å². The molecule has 52 heavy (non-hydrogen) atoms. The predicted octanol–water partition coefficient (Wildman–Crippen LogP) is 11.9. The summed E-state index contributed by atoms with van der Waals surface area (Å²) in [7, 11) is 0. The second-order valence-electron chi connectivity index (χ2n) is 12.6.